The van der Waals surface area contributed by atoms with Gasteiger partial charge in [-0.1, -0.05) is 23.4 Å². The van der Waals surface area contributed by atoms with Gasteiger partial charge in [0.1, 0.15) is 18.5 Å². The fraction of sp³-hybridized carbons (Fsp3) is 0.556. The third-order valence-electron chi connectivity index (χ3n) is 4.27. The highest BCUT2D eigenvalue weighted by atomic mass is 16.5. The van der Waals surface area contributed by atoms with Crippen LogP contribution in [-0.2, 0) is 6.54 Å². The van der Waals surface area contributed by atoms with E-state index in [0.29, 0.717) is 25.0 Å². The lowest BCUT2D eigenvalue weighted by molar-refractivity contribution is 0.0959. The van der Waals surface area contributed by atoms with E-state index < -0.39 is 6.10 Å². The summed E-state index contributed by atoms with van der Waals surface area (Å²) in [5.74, 6) is 2.11. The topological polar surface area (TPSA) is 83.7 Å². The summed E-state index contributed by atoms with van der Waals surface area (Å²) < 4.78 is 10.6. The van der Waals surface area contributed by atoms with Crippen molar-refractivity contribution in [3.8, 4) is 5.75 Å². The Morgan fingerprint density at radius 2 is 2.24 bits per heavy atom. The van der Waals surface area contributed by atoms with Gasteiger partial charge in [-0.25, -0.2) is 0 Å². The lowest BCUT2D eigenvalue weighted by Gasteiger charge is -2.32. The molecule has 3 rings (SSSR count). The molecule has 1 aromatic carbocycles. The molecule has 0 radical (unpaired) electrons. The summed E-state index contributed by atoms with van der Waals surface area (Å²) in [4.78, 5) is 6.58. The molecule has 1 aliphatic rings. The van der Waals surface area contributed by atoms with Gasteiger partial charge in [0.15, 0.2) is 5.82 Å². The molecule has 2 heterocycles. The third-order valence-corrected chi connectivity index (χ3v) is 4.27. The summed E-state index contributed by atoms with van der Waals surface area (Å²) in [7, 11) is 0. The van der Waals surface area contributed by atoms with Crippen LogP contribution in [0.4, 0.5) is 0 Å². The lowest BCUT2D eigenvalue weighted by atomic mass is 10.1. The Morgan fingerprint density at radius 1 is 1.40 bits per heavy atom. The Bertz CT molecular complexity index is 634. The van der Waals surface area contributed by atoms with E-state index in [0.717, 1.165) is 37.5 Å². The fourth-order valence-electron chi connectivity index (χ4n) is 3.04. The first-order chi connectivity index (χ1) is 12.2. The van der Waals surface area contributed by atoms with Gasteiger partial charge in [-0.3, -0.25) is 4.90 Å². The maximum Gasteiger partial charge on any atom is 0.223 e. The summed E-state index contributed by atoms with van der Waals surface area (Å²) in [5, 5.41) is 17.5. The monoisotopic (exact) mass is 346 g/mol. The van der Waals surface area contributed by atoms with Crippen molar-refractivity contribution in [2.75, 3.05) is 26.2 Å². The first kappa shape index (κ1) is 17.8. The maximum atomic E-state index is 10.1. The van der Waals surface area contributed by atoms with Crippen LogP contribution < -0.4 is 10.1 Å². The molecule has 2 N–H and O–H groups in total. The molecule has 0 aliphatic carbocycles. The molecule has 136 valence electrons. The molecule has 1 aromatic heterocycles. The Hall–Kier alpha value is -1.96. The van der Waals surface area contributed by atoms with Crippen LogP contribution in [-0.4, -0.2) is 58.5 Å². The van der Waals surface area contributed by atoms with Gasteiger partial charge in [-0.05, 0) is 31.5 Å². The number of likely N-dealkylation sites (tertiary alicyclic amines) is 1. The number of benzene rings is 1. The van der Waals surface area contributed by atoms with Gasteiger partial charge < -0.3 is 19.7 Å². The Kier molecular flexibility index (Phi) is 6.38. The van der Waals surface area contributed by atoms with Crippen molar-refractivity contribution >= 4 is 0 Å². The summed E-state index contributed by atoms with van der Waals surface area (Å²) >= 11 is 0. The predicted octanol–water partition coefficient (Wildman–Crippen LogP) is 1.37. The molecule has 7 nitrogen and oxygen atoms in total. The molecule has 1 fully saturated rings. The van der Waals surface area contributed by atoms with E-state index in [2.05, 4.69) is 20.4 Å². The molecule has 1 aliphatic heterocycles. The molecule has 0 saturated carbocycles. The van der Waals surface area contributed by atoms with Crippen LogP contribution >= 0.6 is 0 Å². The van der Waals surface area contributed by atoms with Crippen LogP contribution in [0.1, 0.15) is 24.6 Å². The SMILES string of the molecule is Cc1nc(CN2CCC[C@H](NC[C@@H](O)COc3ccccc3)C2)no1. The van der Waals surface area contributed by atoms with Crippen LogP contribution in [0.5, 0.6) is 5.75 Å². The number of nitrogens with zero attached hydrogens (tertiary/aromatic N) is 3. The van der Waals surface area contributed by atoms with Crippen molar-refractivity contribution < 1.29 is 14.4 Å². The second-order valence-corrected chi connectivity index (χ2v) is 6.49. The van der Waals surface area contributed by atoms with Gasteiger partial charge in [0.05, 0.1) is 6.54 Å². The quantitative estimate of drug-likeness (QED) is 0.747. The molecule has 2 atom stereocenters. The predicted molar refractivity (Wildman–Crippen MR) is 93.3 cm³/mol. The molecule has 2 aromatic rings. The van der Waals surface area contributed by atoms with E-state index >= 15 is 0 Å². The Balaban J connectivity index is 1.37. The molecular formula is C18H26N4O3. The minimum Gasteiger partial charge on any atom is -0.491 e. The molecule has 1 saturated heterocycles. The lowest BCUT2D eigenvalue weighted by Crippen LogP contribution is -2.48. The molecular weight excluding hydrogens is 320 g/mol. The highest BCUT2D eigenvalue weighted by Crippen LogP contribution is 2.13. The van der Waals surface area contributed by atoms with Crippen molar-refractivity contribution in [3.05, 3.63) is 42.0 Å². The van der Waals surface area contributed by atoms with Gasteiger partial charge in [-0.2, -0.15) is 4.98 Å². The minimum atomic E-state index is -0.532. The van der Waals surface area contributed by atoms with E-state index in [4.69, 9.17) is 9.26 Å². The van der Waals surface area contributed by atoms with Gasteiger partial charge in [-0.15, -0.1) is 0 Å². The zero-order valence-corrected chi connectivity index (χ0v) is 14.6. The number of ether oxygens (including phenoxy) is 1. The van der Waals surface area contributed by atoms with Crippen molar-refractivity contribution in [1.82, 2.24) is 20.4 Å². The van der Waals surface area contributed by atoms with E-state index in [-0.39, 0.29) is 6.61 Å². The van der Waals surface area contributed by atoms with Gasteiger partial charge in [0.2, 0.25) is 5.89 Å². The highest BCUT2D eigenvalue weighted by Gasteiger charge is 2.21. The second kappa shape index (κ2) is 8.94. The van der Waals surface area contributed by atoms with E-state index in [9.17, 15) is 5.11 Å². The zero-order chi connectivity index (χ0) is 17.5. The maximum absolute atomic E-state index is 10.1. The van der Waals surface area contributed by atoms with Crippen LogP contribution in [0.25, 0.3) is 0 Å². The summed E-state index contributed by atoms with van der Waals surface area (Å²) in [6.07, 6.45) is 1.69. The average molecular weight is 346 g/mol. The normalized spacial score (nSPS) is 19.7. The first-order valence-corrected chi connectivity index (χ1v) is 8.80. The zero-order valence-electron chi connectivity index (χ0n) is 14.6. The fourth-order valence-corrected chi connectivity index (χ4v) is 3.04. The number of rotatable bonds is 8. The highest BCUT2D eigenvalue weighted by molar-refractivity contribution is 5.20. The number of para-hydroxylation sites is 1. The van der Waals surface area contributed by atoms with Crippen molar-refractivity contribution in [3.63, 3.8) is 0 Å². The van der Waals surface area contributed by atoms with Crippen LogP contribution in [0.2, 0.25) is 0 Å². The van der Waals surface area contributed by atoms with Crippen LogP contribution in [0.15, 0.2) is 34.9 Å². The molecule has 0 bridgehead atoms. The summed E-state index contributed by atoms with van der Waals surface area (Å²) in [6, 6.07) is 9.91. The number of hydrogen-bond acceptors (Lipinski definition) is 7. The molecule has 0 unspecified atom stereocenters. The largest absolute Gasteiger partial charge is 0.491 e. The Morgan fingerprint density at radius 3 is 3.00 bits per heavy atom. The number of hydrogen-bond donors (Lipinski definition) is 2. The minimum absolute atomic E-state index is 0.287. The smallest absolute Gasteiger partial charge is 0.223 e. The van der Waals surface area contributed by atoms with Crippen LogP contribution in [0.3, 0.4) is 0 Å². The van der Waals surface area contributed by atoms with Crippen molar-refractivity contribution in [2.24, 2.45) is 0 Å². The molecule has 7 heteroatoms. The Labute approximate surface area is 148 Å². The third kappa shape index (κ3) is 5.81. The van der Waals surface area contributed by atoms with Crippen LogP contribution in [0, 0.1) is 6.92 Å². The first-order valence-electron chi connectivity index (χ1n) is 8.80. The standard InChI is InChI=1S/C18H26N4O3/c1-14-20-18(21-25-14)12-22-9-5-6-15(11-22)19-10-16(23)13-24-17-7-3-2-4-8-17/h2-4,7-8,15-16,19,23H,5-6,9-13H2,1H3/t15-,16+/m0/s1. The van der Waals surface area contributed by atoms with Crippen molar-refractivity contribution in [2.45, 2.75) is 38.5 Å². The molecule has 0 spiro atoms. The second-order valence-electron chi connectivity index (χ2n) is 6.49. The van der Waals surface area contributed by atoms with Gasteiger partial charge >= 0.3 is 0 Å². The molecule has 0 amide bonds. The number of piperidine rings is 1. The number of aromatic nitrogens is 2. The number of nitrogens with one attached hydrogen (secondary N) is 1. The van der Waals surface area contributed by atoms with E-state index in [1.54, 1.807) is 6.92 Å². The molecule has 25 heavy (non-hydrogen) atoms. The van der Waals surface area contributed by atoms with Crippen molar-refractivity contribution in [1.29, 1.82) is 0 Å². The number of aliphatic hydroxyl groups excluding tert-OH is 1. The summed E-state index contributed by atoms with van der Waals surface area (Å²) in [6.45, 7) is 5.26. The van der Waals surface area contributed by atoms with E-state index in [1.165, 1.54) is 0 Å². The van der Waals surface area contributed by atoms with Gasteiger partial charge in [0.25, 0.3) is 0 Å². The summed E-state index contributed by atoms with van der Waals surface area (Å²) in [5.41, 5.74) is 0. The van der Waals surface area contributed by atoms with Gasteiger partial charge in [0, 0.05) is 26.1 Å². The number of aryl methyl sites for hydroxylation is 1. The van der Waals surface area contributed by atoms with E-state index in [1.807, 2.05) is 30.3 Å². The average Bonchev–Trinajstić information content (AvgIpc) is 3.04. The number of aliphatic hydroxyl groups is 1.